The normalized spacial score (nSPS) is 11.8. The van der Waals surface area contributed by atoms with Gasteiger partial charge in [0.05, 0.1) is 26.0 Å². The van der Waals surface area contributed by atoms with Gasteiger partial charge in [0.2, 0.25) is 5.91 Å². The number of methoxy groups -OCH3 is 1. The molecule has 2 rings (SSSR count). The molecular formula is C20H25NO3S. The van der Waals surface area contributed by atoms with Crippen LogP contribution >= 0.6 is 11.3 Å². The lowest BCUT2D eigenvalue weighted by atomic mass is 10.0. The van der Waals surface area contributed by atoms with Crippen LogP contribution < -0.4 is 5.32 Å². The van der Waals surface area contributed by atoms with Crippen molar-refractivity contribution < 1.29 is 14.3 Å². The number of hydrogen-bond donors (Lipinski definition) is 1. The summed E-state index contributed by atoms with van der Waals surface area (Å²) in [7, 11) is 1.36. The van der Waals surface area contributed by atoms with Gasteiger partial charge in [0.15, 0.2) is 0 Å². The van der Waals surface area contributed by atoms with Crippen molar-refractivity contribution in [3.05, 3.63) is 57.8 Å². The highest BCUT2D eigenvalue weighted by Crippen LogP contribution is 2.22. The van der Waals surface area contributed by atoms with Gasteiger partial charge in [0.25, 0.3) is 0 Å². The molecule has 0 aliphatic heterocycles. The molecule has 1 amide bonds. The number of carbonyl (C=O) groups is 2. The van der Waals surface area contributed by atoms with Crippen molar-refractivity contribution in [2.24, 2.45) is 0 Å². The number of amides is 1. The molecule has 134 valence electrons. The maximum absolute atomic E-state index is 12.4. The number of ether oxygens (including phenoxy) is 1. The standard InChI is InChI=1S/C20H25NO3S/c1-3-4-6-15-8-10-16(11-9-15)13-19(22)21-17(14-20(23)24-2)18-7-5-12-25-18/h5,7-12,17H,3-4,6,13-14H2,1-2H3,(H,21,22). The molecule has 1 N–H and O–H groups in total. The molecule has 25 heavy (non-hydrogen) atoms. The monoisotopic (exact) mass is 359 g/mol. The van der Waals surface area contributed by atoms with E-state index < -0.39 is 0 Å². The highest BCUT2D eigenvalue weighted by Gasteiger charge is 2.19. The summed E-state index contributed by atoms with van der Waals surface area (Å²) in [4.78, 5) is 25.0. The van der Waals surface area contributed by atoms with E-state index in [1.165, 1.54) is 36.9 Å². The molecule has 0 bridgehead atoms. The highest BCUT2D eigenvalue weighted by atomic mass is 32.1. The lowest BCUT2D eigenvalue weighted by Crippen LogP contribution is -2.31. The van der Waals surface area contributed by atoms with Crippen LogP contribution in [-0.2, 0) is 27.2 Å². The van der Waals surface area contributed by atoms with E-state index in [0.29, 0.717) is 6.42 Å². The number of rotatable bonds is 9. The SMILES string of the molecule is CCCCc1ccc(CC(=O)NC(CC(=O)OC)c2cccs2)cc1. The van der Waals surface area contributed by atoms with Crippen LogP contribution in [0.2, 0.25) is 0 Å². The van der Waals surface area contributed by atoms with E-state index in [9.17, 15) is 9.59 Å². The molecule has 4 nitrogen and oxygen atoms in total. The third kappa shape index (κ3) is 6.35. The number of nitrogens with one attached hydrogen (secondary N) is 1. The van der Waals surface area contributed by atoms with Crippen LogP contribution in [0.1, 0.15) is 48.2 Å². The van der Waals surface area contributed by atoms with Crippen molar-refractivity contribution in [1.82, 2.24) is 5.32 Å². The van der Waals surface area contributed by atoms with Crippen molar-refractivity contribution in [2.75, 3.05) is 7.11 Å². The fraction of sp³-hybridized carbons (Fsp3) is 0.400. The lowest BCUT2D eigenvalue weighted by Gasteiger charge is -2.16. The van der Waals surface area contributed by atoms with Crippen molar-refractivity contribution >= 4 is 23.2 Å². The van der Waals surface area contributed by atoms with Gasteiger partial charge < -0.3 is 10.1 Å². The number of unbranched alkanes of at least 4 members (excludes halogenated alkanes) is 1. The van der Waals surface area contributed by atoms with E-state index in [4.69, 9.17) is 4.74 Å². The third-order valence-electron chi connectivity index (χ3n) is 4.03. The predicted octanol–water partition coefficient (Wildman–Crippen LogP) is 4.05. The Labute approximate surface area is 153 Å². The summed E-state index contributed by atoms with van der Waals surface area (Å²) < 4.78 is 4.74. The summed E-state index contributed by atoms with van der Waals surface area (Å²) in [6.45, 7) is 2.18. The van der Waals surface area contributed by atoms with Gasteiger partial charge in [-0.05, 0) is 35.4 Å². The van der Waals surface area contributed by atoms with Gasteiger partial charge in [-0.15, -0.1) is 11.3 Å². The third-order valence-corrected chi connectivity index (χ3v) is 5.01. The van der Waals surface area contributed by atoms with Crippen LogP contribution in [0.4, 0.5) is 0 Å². The minimum Gasteiger partial charge on any atom is -0.469 e. The van der Waals surface area contributed by atoms with Crippen LogP contribution in [-0.4, -0.2) is 19.0 Å². The Hall–Kier alpha value is -2.14. The Kier molecular flexibility index (Phi) is 7.67. The first-order valence-electron chi connectivity index (χ1n) is 8.59. The summed E-state index contributed by atoms with van der Waals surface area (Å²) in [6, 6.07) is 11.7. The second kappa shape index (κ2) is 9.99. The highest BCUT2D eigenvalue weighted by molar-refractivity contribution is 7.10. The largest absolute Gasteiger partial charge is 0.469 e. The molecule has 0 saturated heterocycles. The van der Waals surface area contributed by atoms with Crippen molar-refractivity contribution in [3.63, 3.8) is 0 Å². The van der Waals surface area contributed by atoms with E-state index in [1.54, 1.807) is 0 Å². The van der Waals surface area contributed by atoms with E-state index in [2.05, 4.69) is 24.4 Å². The Morgan fingerprint density at radius 1 is 1.16 bits per heavy atom. The van der Waals surface area contributed by atoms with Crippen LogP contribution in [0.5, 0.6) is 0 Å². The second-order valence-electron chi connectivity index (χ2n) is 6.01. The molecule has 1 aromatic carbocycles. The zero-order valence-electron chi connectivity index (χ0n) is 14.8. The lowest BCUT2D eigenvalue weighted by molar-refractivity contribution is -0.141. The van der Waals surface area contributed by atoms with Crippen LogP contribution in [0.3, 0.4) is 0 Å². The van der Waals surface area contributed by atoms with Gasteiger partial charge in [0.1, 0.15) is 0 Å². The number of benzene rings is 1. The van der Waals surface area contributed by atoms with Crippen molar-refractivity contribution in [2.45, 2.75) is 45.1 Å². The van der Waals surface area contributed by atoms with Gasteiger partial charge in [-0.25, -0.2) is 0 Å². The van der Waals surface area contributed by atoms with Crippen molar-refractivity contribution in [1.29, 1.82) is 0 Å². The van der Waals surface area contributed by atoms with E-state index in [0.717, 1.165) is 16.9 Å². The zero-order valence-corrected chi connectivity index (χ0v) is 15.6. The molecule has 0 aliphatic rings. The van der Waals surface area contributed by atoms with Gasteiger partial charge >= 0.3 is 5.97 Å². The van der Waals surface area contributed by atoms with E-state index in [-0.39, 0.29) is 24.3 Å². The molecule has 0 fully saturated rings. The Bertz CT molecular complexity index is 665. The van der Waals surface area contributed by atoms with E-state index in [1.807, 2.05) is 29.6 Å². The number of thiophene rings is 1. The van der Waals surface area contributed by atoms with Crippen LogP contribution in [0.25, 0.3) is 0 Å². The van der Waals surface area contributed by atoms with Crippen molar-refractivity contribution in [3.8, 4) is 0 Å². The first-order chi connectivity index (χ1) is 12.1. The average molecular weight is 359 g/mol. The summed E-state index contributed by atoms with van der Waals surface area (Å²) in [5.74, 6) is -0.428. The molecule has 2 aromatic rings. The fourth-order valence-corrected chi connectivity index (χ4v) is 3.38. The Morgan fingerprint density at radius 2 is 1.88 bits per heavy atom. The molecule has 1 unspecified atom stereocenters. The molecule has 0 radical (unpaired) electrons. The second-order valence-corrected chi connectivity index (χ2v) is 6.99. The first-order valence-corrected chi connectivity index (χ1v) is 9.47. The van der Waals surface area contributed by atoms with Gasteiger partial charge in [-0.2, -0.15) is 0 Å². The number of esters is 1. The molecule has 1 atom stereocenters. The van der Waals surface area contributed by atoms with Gasteiger partial charge in [-0.3, -0.25) is 9.59 Å². The summed E-state index contributed by atoms with van der Waals surface area (Å²) >= 11 is 1.52. The topological polar surface area (TPSA) is 55.4 Å². The van der Waals surface area contributed by atoms with Gasteiger partial charge in [0, 0.05) is 4.88 Å². The molecule has 0 saturated carbocycles. The number of carbonyl (C=O) groups excluding carboxylic acids is 2. The zero-order chi connectivity index (χ0) is 18.1. The minimum absolute atomic E-state index is 0.0939. The summed E-state index contributed by atoms with van der Waals surface area (Å²) in [5, 5.41) is 4.88. The molecule has 0 spiro atoms. The quantitative estimate of drug-likeness (QED) is 0.687. The molecule has 5 heteroatoms. The molecule has 1 heterocycles. The van der Waals surface area contributed by atoms with Gasteiger partial charge in [-0.1, -0.05) is 43.7 Å². The van der Waals surface area contributed by atoms with Crippen LogP contribution in [0, 0.1) is 0 Å². The maximum Gasteiger partial charge on any atom is 0.307 e. The van der Waals surface area contributed by atoms with Crippen LogP contribution in [0.15, 0.2) is 41.8 Å². The Balaban J connectivity index is 1.95. The maximum atomic E-state index is 12.4. The molecule has 0 aliphatic carbocycles. The first kappa shape index (κ1) is 19.2. The molecular weight excluding hydrogens is 334 g/mol. The minimum atomic E-state index is -0.344. The number of hydrogen-bond acceptors (Lipinski definition) is 4. The fourth-order valence-electron chi connectivity index (χ4n) is 2.60. The average Bonchev–Trinajstić information content (AvgIpc) is 3.15. The smallest absolute Gasteiger partial charge is 0.307 e. The predicted molar refractivity (Wildman–Crippen MR) is 101 cm³/mol. The summed E-state index contributed by atoms with van der Waals surface area (Å²) in [6.07, 6.45) is 3.86. The molecule has 1 aromatic heterocycles. The Morgan fingerprint density at radius 3 is 2.48 bits per heavy atom. The summed E-state index contributed by atoms with van der Waals surface area (Å²) in [5.41, 5.74) is 2.27. The number of aryl methyl sites for hydroxylation is 1. The van der Waals surface area contributed by atoms with E-state index >= 15 is 0 Å².